The molecule has 2 heterocycles. The highest BCUT2D eigenvalue weighted by Gasteiger charge is 2.20. The highest BCUT2D eigenvalue weighted by atomic mass is 16.1. The third-order valence-corrected chi connectivity index (χ3v) is 4.62. The fraction of sp³-hybridized carbons (Fsp3) is 0.933. The molecule has 0 aromatic rings. The van der Waals surface area contributed by atoms with E-state index in [0.29, 0.717) is 18.3 Å². The molecule has 0 aliphatic carbocycles. The molecule has 0 bridgehead atoms. The van der Waals surface area contributed by atoms with E-state index in [1.807, 2.05) is 0 Å². The van der Waals surface area contributed by atoms with E-state index in [4.69, 9.17) is 0 Å². The van der Waals surface area contributed by atoms with Crippen molar-refractivity contribution in [3.63, 3.8) is 0 Å². The number of rotatable bonds is 5. The first-order chi connectivity index (χ1) is 9.28. The number of carbonyl (C=O) groups excluding carboxylic acids is 1. The zero-order valence-corrected chi connectivity index (χ0v) is 12.3. The smallest absolute Gasteiger partial charge is 0.220 e. The van der Waals surface area contributed by atoms with Crippen molar-refractivity contribution in [2.75, 3.05) is 39.3 Å². The Morgan fingerprint density at radius 1 is 1.26 bits per heavy atom. The van der Waals surface area contributed by atoms with E-state index in [2.05, 4.69) is 22.5 Å². The number of nitrogens with zero attached hydrogens (tertiary/aromatic N) is 1. The predicted molar refractivity (Wildman–Crippen MR) is 78.1 cm³/mol. The van der Waals surface area contributed by atoms with Gasteiger partial charge in [-0.2, -0.15) is 0 Å². The minimum Gasteiger partial charge on any atom is -0.356 e. The van der Waals surface area contributed by atoms with Crippen LogP contribution >= 0.6 is 0 Å². The maximum Gasteiger partial charge on any atom is 0.220 e. The largest absolute Gasteiger partial charge is 0.356 e. The number of likely N-dealkylation sites (tertiary alicyclic amines) is 1. The van der Waals surface area contributed by atoms with Crippen LogP contribution in [0.1, 0.15) is 39.0 Å². The summed E-state index contributed by atoms with van der Waals surface area (Å²) in [5.74, 6) is 1.50. The molecule has 0 aromatic carbocycles. The van der Waals surface area contributed by atoms with Crippen molar-refractivity contribution < 1.29 is 4.79 Å². The van der Waals surface area contributed by atoms with E-state index in [1.54, 1.807) is 0 Å². The van der Waals surface area contributed by atoms with Gasteiger partial charge in [0.25, 0.3) is 0 Å². The molecule has 0 spiro atoms. The van der Waals surface area contributed by atoms with Crippen molar-refractivity contribution >= 4 is 5.91 Å². The summed E-state index contributed by atoms with van der Waals surface area (Å²) in [6.45, 7) is 8.80. The third-order valence-electron chi connectivity index (χ3n) is 4.62. The molecule has 2 aliphatic heterocycles. The van der Waals surface area contributed by atoms with Crippen LogP contribution in [0.25, 0.3) is 0 Å². The Hall–Kier alpha value is -0.610. The molecule has 19 heavy (non-hydrogen) atoms. The number of nitrogens with one attached hydrogen (secondary N) is 2. The highest BCUT2D eigenvalue weighted by molar-refractivity contribution is 5.76. The van der Waals surface area contributed by atoms with Crippen LogP contribution in [0.15, 0.2) is 0 Å². The predicted octanol–water partition coefficient (Wildman–Crippen LogP) is 1.22. The molecular weight excluding hydrogens is 238 g/mol. The van der Waals surface area contributed by atoms with Crippen molar-refractivity contribution in [1.82, 2.24) is 15.5 Å². The van der Waals surface area contributed by atoms with Gasteiger partial charge in [-0.05, 0) is 70.2 Å². The molecule has 1 unspecified atom stereocenters. The molecule has 2 fully saturated rings. The van der Waals surface area contributed by atoms with Gasteiger partial charge in [0, 0.05) is 13.0 Å². The maximum atomic E-state index is 11.9. The highest BCUT2D eigenvalue weighted by Crippen LogP contribution is 2.17. The summed E-state index contributed by atoms with van der Waals surface area (Å²) in [7, 11) is 0. The Morgan fingerprint density at radius 3 is 2.68 bits per heavy atom. The van der Waals surface area contributed by atoms with Crippen molar-refractivity contribution in [2.45, 2.75) is 39.0 Å². The summed E-state index contributed by atoms with van der Waals surface area (Å²) >= 11 is 0. The Balaban J connectivity index is 1.58. The Labute approximate surface area is 117 Å². The molecule has 2 saturated heterocycles. The molecule has 0 radical (unpaired) electrons. The van der Waals surface area contributed by atoms with E-state index >= 15 is 0 Å². The molecule has 0 aromatic heterocycles. The van der Waals surface area contributed by atoms with Crippen LogP contribution in [0.2, 0.25) is 0 Å². The lowest BCUT2D eigenvalue weighted by Gasteiger charge is -2.31. The fourth-order valence-electron chi connectivity index (χ4n) is 3.20. The van der Waals surface area contributed by atoms with Gasteiger partial charge in [-0.1, -0.05) is 6.92 Å². The van der Waals surface area contributed by atoms with Gasteiger partial charge in [-0.3, -0.25) is 4.79 Å². The third kappa shape index (κ3) is 5.11. The molecule has 4 nitrogen and oxygen atoms in total. The van der Waals surface area contributed by atoms with Gasteiger partial charge in [-0.25, -0.2) is 0 Å². The zero-order valence-electron chi connectivity index (χ0n) is 12.3. The second-order valence-corrected chi connectivity index (χ2v) is 6.10. The van der Waals surface area contributed by atoms with Crippen molar-refractivity contribution in [1.29, 1.82) is 0 Å². The standard InChI is InChI=1S/C15H29N3O/c1-2-18-8-5-13(6-9-18)12-17-15(19)10-14-4-3-7-16-11-14/h13-14,16H,2-12H2,1H3,(H,17,19). The van der Waals surface area contributed by atoms with E-state index < -0.39 is 0 Å². The minimum atomic E-state index is 0.256. The van der Waals surface area contributed by atoms with E-state index in [-0.39, 0.29) is 5.91 Å². The summed E-state index contributed by atoms with van der Waals surface area (Å²) in [6, 6.07) is 0. The van der Waals surface area contributed by atoms with Crippen LogP contribution < -0.4 is 10.6 Å². The Bertz CT molecular complexity index is 269. The normalized spacial score (nSPS) is 26.3. The fourth-order valence-corrected chi connectivity index (χ4v) is 3.20. The average Bonchev–Trinajstić information content (AvgIpc) is 2.47. The number of carbonyl (C=O) groups is 1. The molecule has 1 atom stereocenters. The van der Waals surface area contributed by atoms with Gasteiger partial charge in [0.2, 0.25) is 5.91 Å². The van der Waals surface area contributed by atoms with Crippen molar-refractivity contribution in [3.05, 3.63) is 0 Å². The molecule has 2 N–H and O–H groups in total. The first-order valence-corrected chi connectivity index (χ1v) is 7.97. The van der Waals surface area contributed by atoms with Crippen LogP contribution in [0, 0.1) is 11.8 Å². The summed E-state index contributed by atoms with van der Waals surface area (Å²) in [6.07, 6.45) is 5.60. The summed E-state index contributed by atoms with van der Waals surface area (Å²) < 4.78 is 0. The first kappa shape index (κ1) is 14.8. The zero-order chi connectivity index (χ0) is 13.5. The monoisotopic (exact) mass is 267 g/mol. The summed E-state index contributed by atoms with van der Waals surface area (Å²) in [5, 5.41) is 6.52. The molecule has 2 rings (SSSR count). The molecule has 4 heteroatoms. The van der Waals surface area contributed by atoms with Gasteiger partial charge in [0.15, 0.2) is 0 Å². The second-order valence-electron chi connectivity index (χ2n) is 6.10. The quantitative estimate of drug-likeness (QED) is 0.787. The van der Waals surface area contributed by atoms with Crippen LogP contribution in [0.3, 0.4) is 0 Å². The van der Waals surface area contributed by atoms with Crippen LogP contribution in [0.5, 0.6) is 0 Å². The molecular formula is C15H29N3O. The van der Waals surface area contributed by atoms with Gasteiger partial charge in [0.05, 0.1) is 0 Å². The van der Waals surface area contributed by atoms with Gasteiger partial charge >= 0.3 is 0 Å². The van der Waals surface area contributed by atoms with Crippen molar-refractivity contribution in [2.24, 2.45) is 11.8 Å². The van der Waals surface area contributed by atoms with Gasteiger partial charge in [-0.15, -0.1) is 0 Å². The Morgan fingerprint density at radius 2 is 2.05 bits per heavy atom. The maximum absolute atomic E-state index is 11.9. The Kier molecular flexibility index (Phi) is 6.11. The minimum absolute atomic E-state index is 0.256. The number of amides is 1. The molecule has 0 saturated carbocycles. The van der Waals surface area contributed by atoms with Gasteiger partial charge in [0.1, 0.15) is 0 Å². The summed E-state index contributed by atoms with van der Waals surface area (Å²) in [4.78, 5) is 14.4. The molecule has 1 amide bonds. The van der Waals surface area contributed by atoms with Gasteiger partial charge < -0.3 is 15.5 Å². The van der Waals surface area contributed by atoms with Crippen LogP contribution in [-0.4, -0.2) is 50.1 Å². The van der Waals surface area contributed by atoms with Crippen molar-refractivity contribution in [3.8, 4) is 0 Å². The lowest BCUT2D eigenvalue weighted by Crippen LogP contribution is -2.39. The number of hydrogen-bond acceptors (Lipinski definition) is 3. The second kappa shape index (κ2) is 7.85. The van der Waals surface area contributed by atoms with Crippen LogP contribution in [-0.2, 0) is 4.79 Å². The van der Waals surface area contributed by atoms with E-state index in [9.17, 15) is 4.79 Å². The average molecular weight is 267 g/mol. The lowest BCUT2D eigenvalue weighted by atomic mass is 9.95. The lowest BCUT2D eigenvalue weighted by molar-refractivity contribution is -0.122. The van der Waals surface area contributed by atoms with E-state index in [0.717, 1.165) is 26.2 Å². The summed E-state index contributed by atoms with van der Waals surface area (Å²) in [5.41, 5.74) is 0. The topological polar surface area (TPSA) is 44.4 Å². The SMILES string of the molecule is CCN1CCC(CNC(=O)CC2CCCNC2)CC1. The number of hydrogen-bond donors (Lipinski definition) is 2. The van der Waals surface area contributed by atoms with E-state index in [1.165, 1.54) is 38.8 Å². The molecule has 110 valence electrons. The number of piperidine rings is 2. The first-order valence-electron chi connectivity index (χ1n) is 7.97. The molecule has 2 aliphatic rings. The van der Waals surface area contributed by atoms with Crippen LogP contribution in [0.4, 0.5) is 0 Å².